The van der Waals surface area contributed by atoms with E-state index in [2.05, 4.69) is 13.0 Å². The lowest BCUT2D eigenvalue weighted by Crippen LogP contribution is -2.53. The van der Waals surface area contributed by atoms with Crippen molar-refractivity contribution in [3.05, 3.63) is 11.6 Å². The summed E-state index contributed by atoms with van der Waals surface area (Å²) in [7, 11) is 0. The van der Waals surface area contributed by atoms with E-state index in [9.17, 15) is 14.6 Å². The van der Waals surface area contributed by atoms with Gasteiger partial charge in [0, 0.05) is 11.8 Å². The maximum Gasteiger partial charge on any atom is 0.212 e. The van der Waals surface area contributed by atoms with Gasteiger partial charge in [0.25, 0.3) is 0 Å². The average Bonchev–Trinajstić information content (AvgIpc) is 2.70. The molecule has 0 amide bonds. The number of rotatable bonds is 0. The quantitative estimate of drug-likeness (QED) is 0.665. The van der Waals surface area contributed by atoms with Gasteiger partial charge in [-0.15, -0.1) is 0 Å². The first-order valence-electron chi connectivity index (χ1n) is 9.07. The molecule has 7 atom stereocenters. The molecule has 3 fully saturated rings. The normalized spacial score (nSPS) is 57.6. The van der Waals surface area contributed by atoms with Crippen molar-refractivity contribution in [1.82, 2.24) is 0 Å². The highest BCUT2D eigenvalue weighted by Crippen LogP contribution is 2.67. The average molecular weight is 308 g/mol. The van der Waals surface area contributed by atoms with E-state index in [-0.39, 0.29) is 11.5 Å². The lowest BCUT2D eigenvalue weighted by molar-refractivity contribution is -0.197. The fourth-order valence-electron chi connectivity index (χ4n) is 6.60. The summed E-state index contributed by atoms with van der Waals surface area (Å²) < 4.78 is 14.7. The molecular formula is C19H29FO2. The summed E-state index contributed by atoms with van der Waals surface area (Å²) in [5.41, 5.74) is 1.09. The van der Waals surface area contributed by atoms with E-state index < -0.39 is 11.3 Å². The van der Waals surface area contributed by atoms with Crippen LogP contribution in [-0.2, 0) is 0 Å². The summed E-state index contributed by atoms with van der Waals surface area (Å²) in [6.45, 7) is 4.36. The van der Waals surface area contributed by atoms with Crippen LogP contribution >= 0.6 is 0 Å². The molecule has 0 spiro atoms. The van der Waals surface area contributed by atoms with Crippen LogP contribution in [0.4, 0.5) is 4.39 Å². The number of aliphatic hydroxyl groups excluding tert-OH is 1. The van der Waals surface area contributed by atoms with Gasteiger partial charge in [-0.1, -0.05) is 25.5 Å². The largest absolute Gasteiger partial charge is 0.393 e. The zero-order chi connectivity index (χ0) is 15.8. The van der Waals surface area contributed by atoms with E-state index in [1.807, 2.05) is 6.92 Å². The van der Waals surface area contributed by atoms with Gasteiger partial charge < -0.3 is 10.2 Å². The highest BCUT2D eigenvalue weighted by molar-refractivity contribution is 5.25. The number of hydrogen-bond acceptors (Lipinski definition) is 2. The van der Waals surface area contributed by atoms with E-state index in [1.54, 1.807) is 0 Å². The molecule has 0 aliphatic heterocycles. The molecule has 0 bridgehead atoms. The van der Waals surface area contributed by atoms with Crippen molar-refractivity contribution in [2.75, 3.05) is 0 Å². The fourth-order valence-corrected chi connectivity index (χ4v) is 6.60. The van der Waals surface area contributed by atoms with Crippen LogP contribution in [0, 0.1) is 28.6 Å². The van der Waals surface area contributed by atoms with Gasteiger partial charge in [0.1, 0.15) is 0 Å². The monoisotopic (exact) mass is 308 g/mol. The SMILES string of the molecule is C[C@]12CCC(O)CC1=CC[C@@H]1[C@H]2CC[C@@]2(C)[C@H]1CCC2(O)F. The van der Waals surface area contributed by atoms with Crippen molar-refractivity contribution in [2.45, 2.75) is 77.2 Å². The summed E-state index contributed by atoms with van der Waals surface area (Å²) in [5.74, 6) is -0.557. The molecule has 4 aliphatic rings. The number of alkyl halides is 1. The van der Waals surface area contributed by atoms with Crippen LogP contribution in [0.1, 0.15) is 65.2 Å². The minimum Gasteiger partial charge on any atom is -0.393 e. The second-order valence-corrected chi connectivity index (χ2v) is 8.91. The predicted octanol–water partition coefficient (Wildman–Crippen LogP) is 3.97. The molecule has 0 saturated heterocycles. The fraction of sp³-hybridized carbons (Fsp3) is 0.895. The molecule has 22 heavy (non-hydrogen) atoms. The van der Waals surface area contributed by atoms with Crippen LogP contribution in [0.15, 0.2) is 11.6 Å². The standard InChI is InChI=1S/C19H29FO2/c1-17-8-5-13(21)11-12(17)3-4-14-15(17)6-9-18(2)16(14)7-10-19(18,20)22/h3,13-16,21-22H,4-11H2,1-2H3/t13?,14-,15-,16+,17+,18+,19?/m1/s1. The van der Waals surface area contributed by atoms with Gasteiger partial charge in [0.05, 0.1) is 6.10 Å². The van der Waals surface area contributed by atoms with Gasteiger partial charge in [-0.25, -0.2) is 4.39 Å². The molecule has 0 heterocycles. The molecule has 0 radical (unpaired) electrons. The minimum atomic E-state index is -1.98. The van der Waals surface area contributed by atoms with Gasteiger partial charge in [-0.2, -0.15) is 0 Å². The third-order valence-electron chi connectivity index (χ3n) is 8.13. The van der Waals surface area contributed by atoms with Crippen LogP contribution in [0.3, 0.4) is 0 Å². The Morgan fingerprint density at radius 2 is 1.82 bits per heavy atom. The van der Waals surface area contributed by atoms with E-state index in [4.69, 9.17) is 0 Å². The predicted molar refractivity (Wildman–Crippen MR) is 83.8 cm³/mol. The van der Waals surface area contributed by atoms with Crippen LogP contribution in [0.5, 0.6) is 0 Å². The molecule has 4 rings (SSSR count). The molecule has 0 aromatic carbocycles. The topological polar surface area (TPSA) is 40.5 Å². The number of allylic oxidation sites excluding steroid dienone is 1. The van der Waals surface area contributed by atoms with Crippen molar-refractivity contribution in [2.24, 2.45) is 28.6 Å². The third kappa shape index (κ3) is 1.78. The highest BCUT2D eigenvalue weighted by Gasteiger charge is 2.64. The lowest BCUT2D eigenvalue weighted by atomic mass is 9.48. The Balaban J connectivity index is 1.69. The minimum absolute atomic E-state index is 0.174. The van der Waals surface area contributed by atoms with Crippen molar-refractivity contribution in [1.29, 1.82) is 0 Å². The number of fused-ring (bicyclic) bond motifs is 5. The van der Waals surface area contributed by atoms with E-state index in [0.29, 0.717) is 24.2 Å². The molecular weight excluding hydrogens is 279 g/mol. The summed E-state index contributed by atoms with van der Waals surface area (Å²) >= 11 is 0. The van der Waals surface area contributed by atoms with Gasteiger partial charge in [-0.05, 0) is 68.1 Å². The van der Waals surface area contributed by atoms with Gasteiger partial charge in [-0.3, -0.25) is 0 Å². The summed E-state index contributed by atoms with van der Waals surface area (Å²) in [5, 5.41) is 20.3. The highest BCUT2D eigenvalue weighted by atomic mass is 19.2. The second-order valence-electron chi connectivity index (χ2n) is 8.91. The zero-order valence-corrected chi connectivity index (χ0v) is 13.8. The first-order valence-corrected chi connectivity index (χ1v) is 9.07. The van der Waals surface area contributed by atoms with E-state index >= 15 is 0 Å². The molecule has 124 valence electrons. The summed E-state index contributed by atoms with van der Waals surface area (Å²) in [6, 6.07) is 0. The Morgan fingerprint density at radius 1 is 1.09 bits per heavy atom. The van der Waals surface area contributed by atoms with E-state index in [1.165, 1.54) is 5.57 Å². The molecule has 0 aromatic heterocycles. The maximum atomic E-state index is 14.7. The molecule has 2 unspecified atom stereocenters. The van der Waals surface area contributed by atoms with Crippen molar-refractivity contribution in [3.63, 3.8) is 0 Å². The Hall–Kier alpha value is -0.410. The van der Waals surface area contributed by atoms with Crippen LogP contribution in [-0.4, -0.2) is 22.2 Å². The first-order chi connectivity index (χ1) is 10.3. The van der Waals surface area contributed by atoms with Gasteiger partial charge >= 0.3 is 0 Å². The first kappa shape index (κ1) is 15.1. The van der Waals surface area contributed by atoms with Gasteiger partial charge in [0.2, 0.25) is 5.85 Å². The summed E-state index contributed by atoms with van der Waals surface area (Å²) in [4.78, 5) is 0. The van der Waals surface area contributed by atoms with Crippen molar-refractivity contribution < 1.29 is 14.6 Å². The molecule has 3 saturated carbocycles. The van der Waals surface area contributed by atoms with Crippen molar-refractivity contribution >= 4 is 0 Å². The third-order valence-corrected chi connectivity index (χ3v) is 8.13. The zero-order valence-electron chi connectivity index (χ0n) is 13.8. The Bertz CT molecular complexity index is 514. The van der Waals surface area contributed by atoms with Crippen LogP contribution in [0.2, 0.25) is 0 Å². The molecule has 2 nitrogen and oxygen atoms in total. The number of halogens is 1. The van der Waals surface area contributed by atoms with Crippen LogP contribution < -0.4 is 0 Å². The van der Waals surface area contributed by atoms with Crippen LogP contribution in [0.25, 0.3) is 0 Å². The molecule has 2 N–H and O–H groups in total. The lowest BCUT2D eigenvalue weighted by Gasteiger charge is -2.57. The Morgan fingerprint density at radius 3 is 2.59 bits per heavy atom. The van der Waals surface area contributed by atoms with Gasteiger partial charge in [0.15, 0.2) is 0 Å². The molecule has 0 aromatic rings. The molecule has 4 aliphatic carbocycles. The maximum absolute atomic E-state index is 14.7. The number of aliphatic hydroxyl groups is 2. The Labute approximate surface area is 132 Å². The smallest absolute Gasteiger partial charge is 0.212 e. The summed E-state index contributed by atoms with van der Waals surface area (Å²) in [6.07, 6.45) is 8.93. The Kier molecular flexibility index (Phi) is 3.14. The van der Waals surface area contributed by atoms with E-state index in [0.717, 1.165) is 44.9 Å². The number of hydrogen-bond donors (Lipinski definition) is 2. The molecule has 3 heteroatoms. The van der Waals surface area contributed by atoms with Crippen molar-refractivity contribution in [3.8, 4) is 0 Å². The second kappa shape index (κ2) is 4.57.